The number of amides is 1. The van der Waals surface area contributed by atoms with Crippen LogP contribution in [-0.4, -0.2) is 20.7 Å². The van der Waals surface area contributed by atoms with Gasteiger partial charge in [0.25, 0.3) is 5.91 Å². The molecule has 4 bridgehead atoms. The molecule has 4 aliphatic carbocycles. The number of aromatic nitrogens is 3. The van der Waals surface area contributed by atoms with Gasteiger partial charge in [-0.1, -0.05) is 18.2 Å². The fraction of sp³-hybridized carbons (Fsp3) is 0.480. The number of benzene rings is 1. The lowest BCUT2D eigenvalue weighted by atomic mass is 9.48. The van der Waals surface area contributed by atoms with E-state index in [1.165, 1.54) is 49.9 Å². The minimum Gasteiger partial charge on any atom is -0.298 e. The Balaban J connectivity index is 1.42. The maximum atomic E-state index is 13.5. The highest BCUT2D eigenvalue weighted by Crippen LogP contribution is 2.60. The summed E-state index contributed by atoms with van der Waals surface area (Å²) >= 11 is 1.54. The zero-order valence-corrected chi connectivity index (χ0v) is 18.9. The molecule has 0 unspecified atom stereocenters. The van der Waals surface area contributed by atoms with Gasteiger partial charge in [0.2, 0.25) is 0 Å². The van der Waals surface area contributed by atoms with E-state index in [1.807, 2.05) is 55.1 Å². The molecule has 2 aromatic heterocycles. The number of hydrogen-bond donors (Lipinski definition) is 1. The smallest absolute Gasteiger partial charge is 0.260 e. The van der Waals surface area contributed by atoms with Crippen LogP contribution in [0.25, 0.3) is 5.69 Å². The number of nitrogens with zero attached hydrogens (tertiary/aromatic N) is 3. The Morgan fingerprint density at radius 3 is 2.29 bits per heavy atom. The molecule has 6 heteroatoms. The first kappa shape index (κ1) is 19.2. The van der Waals surface area contributed by atoms with Crippen molar-refractivity contribution in [1.29, 1.82) is 0 Å². The summed E-state index contributed by atoms with van der Waals surface area (Å²) in [4.78, 5) is 19.2. The number of carbonyl (C=O) groups excluding carboxylic acids is 1. The van der Waals surface area contributed by atoms with Crippen molar-refractivity contribution in [3.8, 4) is 5.69 Å². The number of thiazole rings is 1. The lowest BCUT2D eigenvalue weighted by Gasteiger charge is -2.56. The Kier molecular flexibility index (Phi) is 4.36. The minimum absolute atomic E-state index is 0.0518. The van der Waals surface area contributed by atoms with Crippen LogP contribution in [0.4, 0.5) is 5.13 Å². The van der Waals surface area contributed by atoms with Crippen LogP contribution in [0.2, 0.25) is 0 Å². The zero-order valence-electron chi connectivity index (χ0n) is 18.1. The lowest BCUT2D eigenvalue weighted by molar-refractivity contribution is -0.00765. The second-order valence-corrected chi connectivity index (χ2v) is 11.2. The highest BCUT2D eigenvalue weighted by molar-refractivity contribution is 7.15. The van der Waals surface area contributed by atoms with Crippen molar-refractivity contribution >= 4 is 22.4 Å². The zero-order chi connectivity index (χ0) is 21.2. The third kappa shape index (κ3) is 3.23. The van der Waals surface area contributed by atoms with E-state index in [0.717, 1.165) is 45.3 Å². The summed E-state index contributed by atoms with van der Waals surface area (Å²) in [5.41, 5.74) is 3.75. The van der Waals surface area contributed by atoms with E-state index in [-0.39, 0.29) is 11.3 Å². The van der Waals surface area contributed by atoms with Crippen molar-refractivity contribution < 1.29 is 4.79 Å². The van der Waals surface area contributed by atoms with Crippen molar-refractivity contribution in [3.63, 3.8) is 0 Å². The van der Waals surface area contributed by atoms with E-state index < -0.39 is 0 Å². The first-order chi connectivity index (χ1) is 15.0. The summed E-state index contributed by atoms with van der Waals surface area (Å²) < 4.78 is 1.90. The van der Waals surface area contributed by atoms with Crippen molar-refractivity contribution in [2.45, 2.75) is 57.8 Å². The standard InChI is InChI=1S/C25H28N4OS/c1-15-16(2)31-24(26-15)27-23(30)21-14-29(20-6-4-3-5-7-20)28-22(21)25-11-17-8-18(12-25)10-19(9-17)13-25/h3-7,14,17-19H,8-13H2,1-2H3,(H,26,27,30). The second-order valence-electron chi connectivity index (χ2n) is 9.98. The normalized spacial score (nSPS) is 28.8. The molecule has 1 N–H and O–H groups in total. The summed E-state index contributed by atoms with van der Waals surface area (Å²) in [5.74, 6) is 2.32. The van der Waals surface area contributed by atoms with Crippen molar-refractivity contribution in [2.75, 3.05) is 5.32 Å². The van der Waals surface area contributed by atoms with Gasteiger partial charge in [0.05, 0.1) is 22.6 Å². The Morgan fingerprint density at radius 1 is 1.06 bits per heavy atom. The molecule has 0 spiro atoms. The van der Waals surface area contributed by atoms with Crippen molar-refractivity contribution in [1.82, 2.24) is 14.8 Å². The minimum atomic E-state index is -0.0818. The first-order valence-electron chi connectivity index (χ1n) is 11.4. The van der Waals surface area contributed by atoms with Crippen LogP contribution in [-0.2, 0) is 5.41 Å². The maximum absolute atomic E-state index is 13.5. The molecule has 31 heavy (non-hydrogen) atoms. The molecule has 3 aromatic rings. The third-order valence-corrected chi connectivity index (χ3v) is 8.76. The Bertz CT molecular complexity index is 1090. The molecular formula is C25H28N4OS. The van der Waals surface area contributed by atoms with E-state index in [9.17, 15) is 4.79 Å². The fourth-order valence-corrected chi connectivity index (χ4v) is 7.55. The molecule has 0 radical (unpaired) electrons. The van der Waals surface area contributed by atoms with Gasteiger partial charge in [0.1, 0.15) is 0 Å². The number of hydrogen-bond acceptors (Lipinski definition) is 4. The molecule has 4 saturated carbocycles. The monoisotopic (exact) mass is 432 g/mol. The summed E-state index contributed by atoms with van der Waals surface area (Å²) in [7, 11) is 0. The third-order valence-electron chi connectivity index (χ3n) is 7.77. The highest BCUT2D eigenvalue weighted by Gasteiger charge is 2.53. The van der Waals surface area contributed by atoms with Gasteiger partial charge in [0.15, 0.2) is 5.13 Å². The Morgan fingerprint density at radius 2 is 1.71 bits per heavy atom. The van der Waals surface area contributed by atoms with Crippen LogP contribution in [0, 0.1) is 31.6 Å². The van der Waals surface area contributed by atoms with Crippen molar-refractivity contribution in [2.24, 2.45) is 17.8 Å². The van der Waals surface area contributed by atoms with Crippen LogP contribution < -0.4 is 5.32 Å². The van der Waals surface area contributed by atoms with E-state index >= 15 is 0 Å². The molecule has 0 atom stereocenters. The largest absolute Gasteiger partial charge is 0.298 e. The van der Waals surface area contributed by atoms with E-state index in [2.05, 4.69) is 10.3 Å². The van der Waals surface area contributed by atoms with Gasteiger partial charge in [-0.15, -0.1) is 11.3 Å². The molecular weight excluding hydrogens is 404 g/mol. The second kappa shape index (κ2) is 7.02. The van der Waals surface area contributed by atoms with Gasteiger partial charge in [0, 0.05) is 16.5 Å². The van der Waals surface area contributed by atoms with Gasteiger partial charge in [-0.3, -0.25) is 10.1 Å². The highest BCUT2D eigenvalue weighted by atomic mass is 32.1. The van der Waals surface area contributed by atoms with E-state index in [1.54, 1.807) is 0 Å². The number of rotatable bonds is 4. The summed E-state index contributed by atoms with van der Waals surface area (Å²) in [6.45, 7) is 4.02. The lowest BCUT2D eigenvalue weighted by Crippen LogP contribution is -2.49. The molecule has 5 nitrogen and oxygen atoms in total. The average molecular weight is 433 g/mol. The maximum Gasteiger partial charge on any atom is 0.260 e. The number of para-hydroxylation sites is 1. The van der Waals surface area contributed by atoms with Crippen molar-refractivity contribution in [3.05, 3.63) is 58.4 Å². The molecule has 0 saturated heterocycles. The number of anilines is 1. The van der Waals surface area contributed by atoms with Gasteiger partial charge >= 0.3 is 0 Å². The summed E-state index contributed by atoms with van der Waals surface area (Å²) in [5, 5.41) is 8.84. The van der Waals surface area contributed by atoms with Gasteiger partial charge in [-0.2, -0.15) is 5.10 Å². The summed E-state index contributed by atoms with van der Waals surface area (Å²) in [6.07, 6.45) is 9.60. The van der Waals surface area contributed by atoms with Gasteiger partial charge in [-0.05, 0) is 82.3 Å². The Labute approximate surface area is 186 Å². The molecule has 1 aromatic carbocycles. The van der Waals surface area contributed by atoms with Crippen LogP contribution >= 0.6 is 11.3 Å². The molecule has 1 amide bonds. The van der Waals surface area contributed by atoms with Gasteiger partial charge < -0.3 is 0 Å². The molecule has 7 rings (SSSR count). The van der Waals surface area contributed by atoms with Crippen LogP contribution in [0.15, 0.2) is 36.5 Å². The SMILES string of the molecule is Cc1nc(NC(=O)c2cn(-c3ccccc3)nc2C23CC4CC(CC(C4)C2)C3)sc1C. The number of carbonyl (C=O) groups is 1. The molecule has 160 valence electrons. The summed E-state index contributed by atoms with van der Waals surface area (Å²) in [6, 6.07) is 10.1. The molecule has 4 aliphatic rings. The Hall–Kier alpha value is -2.47. The quantitative estimate of drug-likeness (QED) is 0.578. The topological polar surface area (TPSA) is 59.8 Å². The van der Waals surface area contributed by atoms with Gasteiger partial charge in [-0.25, -0.2) is 9.67 Å². The molecule has 4 fully saturated rings. The molecule has 0 aliphatic heterocycles. The van der Waals surface area contributed by atoms with Crippen LogP contribution in [0.3, 0.4) is 0 Å². The van der Waals surface area contributed by atoms with Crippen LogP contribution in [0.1, 0.15) is 65.1 Å². The van der Waals surface area contributed by atoms with E-state index in [0.29, 0.717) is 5.13 Å². The van der Waals surface area contributed by atoms with Crippen LogP contribution in [0.5, 0.6) is 0 Å². The number of aryl methyl sites for hydroxylation is 2. The molecule has 2 heterocycles. The predicted molar refractivity (Wildman–Crippen MR) is 123 cm³/mol. The average Bonchev–Trinajstić information content (AvgIpc) is 3.32. The predicted octanol–water partition coefficient (Wildman–Crippen LogP) is 5.67. The van der Waals surface area contributed by atoms with E-state index in [4.69, 9.17) is 5.10 Å². The first-order valence-corrected chi connectivity index (χ1v) is 12.2. The fourth-order valence-electron chi connectivity index (χ4n) is 6.74. The number of nitrogens with one attached hydrogen (secondary N) is 1.